The van der Waals surface area contributed by atoms with Crippen molar-refractivity contribution in [1.29, 1.82) is 0 Å². The van der Waals surface area contributed by atoms with Crippen LogP contribution in [0, 0.1) is 5.92 Å². The van der Waals surface area contributed by atoms with Gasteiger partial charge in [0, 0.05) is 24.6 Å². The molecule has 4 rings (SSSR count). The fraction of sp³-hybridized carbons (Fsp3) is 0.280. The lowest BCUT2D eigenvalue weighted by Crippen LogP contribution is -2.42. The summed E-state index contributed by atoms with van der Waals surface area (Å²) in [5.41, 5.74) is 0.639. The van der Waals surface area contributed by atoms with Gasteiger partial charge in [0.05, 0.1) is 5.75 Å². The van der Waals surface area contributed by atoms with Gasteiger partial charge in [0.2, 0.25) is 0 Å². The van der Waals surface area contributed by atoms with E-state index in [0.717, 1.165) is 30.1 Å². The SMILES string of the molecule is CSCc1ccc(C(=O)N2CCCC(C(=O)c3ccc(Oc4ccccc4)cc3)C2)o1. The fourth-order valence-corrected chi connectivity index (χ4v) is 4.23. The third kappa shape index (κ3) is 5.20. The van der Waals surface area contributed by atoms with Crippen LogP contribution in [0.5, 0.6) is 11.5 Å². The van der Waals surface area contributed by atoms with Crippen molar-refractivity contribution in [3.05, 3.63) is 83.8 Å². The van der Waals surface area contributed by atoms with Gasteiger partial charge in [-0.25, -0.2) is 0 Å². The van der Waals surface area contributed by atoms with Crippen LogP contribution < -0.4 is 4.74 Å². The first kappa shape index (κ1) is 21.2. The summed E-state index contributed by atoms with van der Waals surface area (Å²) in [6.07, 6.45) is 3.57. The molecule has 2 aromatic carbocycles. The van der Waals surface area contributed by atoms with Gasteiger partial charge in [0.1, 0.15) is 17.3 Å². The molecule has 0 spiro atoms. The predicted molar refractivity (Wildman–Crippen MR) is 122 cm³/mol. The van der Waals surface area contributed by atoms with Crippen molar-refractivity contribution in [3.8, 4) is 11.5 Å². The first-order valence-corrected chi connectivity index (χ1v) is 11.8. The van der Waals surface area contributed by atoms with E-state index in [1.807, 2.05) is 54.8 Å². The fourth-order valence-electron chi connectivity index (χ4n) is 3.79. The Hall–Kier alpha value is -2.99. The van der Waals surface area contributed by atoms with E-state index in [2.05, 4.69) is 0 Å². The molecule has 0 bridgehead atoms. The van der Waals surface area contributed by atoms with Gasteiger partial charge in [-0.05, 0) is 67.6 Å². The molecule has 1 saturated heterocycles. The number of Topliss-reactive ketones (excluding diaryl/α,β-unsaturated/α-hetero) is 1. The molecule has 0 saturated carbocycles. The molecular formula is C25H25NO4S. The molecule has 1 unspecified atom stereocenters. The highest BCUT2D eigenvalue weighted by molar-refractivity contribution is 7.97. The first-order valence-electron chi connectivity index (χ1n) is 10.4. The number of piperidine rings is 1. The molecule has 160 valence electrons. The van der Waals surface area contributed by atoms with Crippen LogP contribution >= 0.6 is 11.8 Å². The zero-order chi connectivity index (χ0) is 21.6. The van der Waals surface area contributed by atoms with Crippen LogP contribution in [0.25, 0.3) is 0 Å². The van der Waals surface area contributed by atoms with Gasteiger partial charge in [0.25, 0.3) is 5.91 Å². The van der Waals surface area contributed by atoms with E-state index >= 15 is 0 Å². The standard InChI is InChI=1S/C25H25NO4S/c1-31-17-22-13-14-23(30-22)25(28)26-15-5-6-19(16-26)24(27)18-9-11-21(12-10-18)29-20-7-3-2-4-8-20/h2-4,7-14,19H,5-6,15-17H2,1H3. The molecule has 2 heterocycles. The maximum atomic E-state index is 13.1. The number of ether oxygens (including phenoxy) is 1. The summed E-state index contributed by atoms with van der Waals surface area (Å²) < 4.78 is 11.5. The van der Waals surface area contributed by atoms with E-state index < -0.39 is 0 Å². The molecule has 3 aromatic rings. The number of likely N-dealkylation sites (tertiary alicyclic amines) is 1. The monoisotopic (exact) mass is 435 g/mol. The number of carbonyl (C=O) groups is 2. The zero-order valence-electron chi connectivity index (χ0n) is 17.5. The van der Waals surface area contributed by atoms with Gasteiger partial charge in [-0.15, -0.1) is 0 Å². The molecule has 1 aliphatic rings. The molecule has 1 amide bonds. The second-order valence-corrected chi connectivity index (χ2v) is 8.46. The van der Waals surface area contributed by atoms with Gasteiger partial charge in [-0.2, -0.15) is 11.8 Å². The summed E-state index contributed by atoms with van der Waals surface area (Å²) in [5.74, 6) is 3.02. The van der Waals surface area contributed by atoms with Crippen molar-refractivity contribution in [2.45, 2.75) is 18.6 Å². The highest BCUT2D eigenvalue weighted by atomic mass is 32.2. The van der Waals surface area contributed by atoms with Crippen LogP contribution in [0.15, 0.2) is 71.1 Å². The number of thioether (sulfide) groups is 1. The normalized spacial score (nSPS) is 16.2. The second-order valence-electron chi connectivity index (χ2n) is 7.59. The summed E-state index contributed by atoms with van der Waals surface area (Å²) in [6.45, 7) is 1.06. The number of carbonyl (C=O) groups excluding carboxylic acids is 2. The van der Waals surface area contributed by atoms with E-state index in [1.165, 1.54) is 0 Å². The minimum atomic E-state index is -0.209. The number of amides is 1. The number of ketones is 1. The Morgan fingerprint density at radius 2 is 1.77 bits per heavy atom. The lowest BCUT2D eigenvalue weighted by atomic mass is 9.90. The third-order valence-electron chi connectivity index (χ3n) is 5.36. The van der Waals surface area contributed by atoms with Gasteiger partial charge in [-0.3, -0.25) is 9.59 Å². The number of hydrogen-bond acceptors (Lipinski definition) is 5. The lowest BCUT2D eigenvalue weighted by molar-refractivity contribution is 0.0609. The van der Waals surface area contributed by atoms with E-state index in [9.17, 15) is 9.59 Å². The maximum Gasteiger partial charge on any atom is 0.289 e. The number of nitrogens with zero attached hydrogens (tertiary/aromatic N) is 1. The number of rotatable bonds is 7. The quantitative estimate of drug-likeness (QED) is 0.448. The lowest BCUT2D eigenvalue weighted by Gasteiger charge is -2.31. The zero-order valence-corrected chi connectivity index (χ0v) is 18.3. The molecule has 31 heavy (non-hydrogen) atoms. The predicted octanol–water partition coefficient (Wildman–Crippen LogP) is 5.67. The molecule has 0 N–H and O–H groups in total. The molecule has 0 aliphatic carbocycles. The maximum absolute atomic E-state index is 13.1. The van der Waals surface area contributed by atoms with Crippen LogP contribution in [0.4, 0.5) is 0 Å². The minimum Gasteiger partial charge on any atom is -0.457 e. The first-order chi connectivity index (χ1) is 15.1. The van der Waals surface area contributed by atoms with Crippen LogP contribution in [0.3, 0.4) is 0 Å². The molecule has 5 nitrogen and oxygen atoms in total. The number of hydrogen-bond donors (Lipinski definition) is 0. The highest BCUT2D eigenvalue weighted by Crippen LogP contribution is 2.26. The Balaban J connectivity index is 1.39. The number of para-hydroxylation sites is 1. The van der Waals surface area contributed by atoms with Crippen LogP contribution in [-0.4, -0.2) is 35.9 Å². The highest BCUT2D eigenvalue weighted by Gasteiger charge is 2.30. The van der Waals surface area contributed by atoms with E-state index in [1.54, 1.807) is 34.9 Å². The van der Waals surface area contributed by atoms with Crippen molar-refractivity contribution >= 4 is 23.5 Å². The van der Waals surface area contributed by atoms with E-state index in [4.69, 9.17) is 9.15 Å². The molecule has 1 fully saturated rings. The largest absolute Gasteiger partial charge is 0.457 e. The summed E-state index contributed by atoms with van der Waals surface area (Å²) in [4.78, 5) is 27.6. The third-order valence-corrected chi connectivity index (χ3v) is 5.93. The summed E-state index contributed by atoms with van der Waals surface area (Å²) in [7, 11) is 0. The number of benzene rings is 2. The van der Waals surface area contributed by atoms with Crippen LogP contribution in [-0.2, 0) is 5.75 Å². The van der Waals surface area contributed by atoms with Gasteiger partial charge < -0.3 is 14.1 Å². The van der Waals surface area contributed by atoms with Crippen molar-refractivity contribution < 1.29 is 18.7 Å². The Labute approximate surface area is 186 Å². The molecule has 0 radical (unpaired) electrons. The van der Waals surface area contributed by atoms with Crippen LogP contribution in [0.1, 0.15) is 39.5 Å². The molecule has 1 atom stereocenters. The second kappa shape index (κ2) is 9.88. The van der Waals surface area contributed by atoms with E-state index in [-0.39, 0.29) is 17.6 Å². The van der Waals surface area contributed by atoms with Crippen molar-refractivity contribution in [3.63, 3.8) is 0 Å². The summed E-state index contributed by atoms with van der Waals surface area (Å²) in [6, 6.07) is 20.3. The Morgan fingerprint density at radius 3 is 2.52 bits per heavy atom. The smallest absolute Gasteiger partial charge is 0.289 e. The molecule has 1 aromatic heterocycles. The average Bonchev–Trinajstić information content (AvgIpc) is 3.28. The van der Waals surface area contributed by atoms with Crippen molar-refractivity contribution in [1.82, 2.24) is 4.90 Å². The molecular weight excluding hydrogens is 410 g/mol. The van der Waals surface area contributed by atoms with Gasteiger partial charge in [-0.1, -0.05) is 18.2 Å². The molecule has 1 aliphatic heterocycles. The average molecular weight is 436 g/mol. The van der Waals surface area contributed by atoms with E-state index in [0.29, 0.717) is 30.2 Å². The number of furan rings is 1. The Morgan fingerprint density at radius 1 is 1.03 bits per heavy atom. The summed E-state index contributed by atoms with van der Waals surface area (Å²) >= 11 is 1.65. The Bertz CT molecular complexity index is 1030. The Kier molecular flexibility index (Phi) is 6.77. The van der Waals surface area contributed by atoms with Crippen molar-refractivity contribution in [2.75, 3.05) is 19.3 Å². The van der Waals surface area contributed by atoms with Gasteiger partial charge in [0.15, 0.2) is 11.5 Å². The topological polar surface area (TPSA) is 59.8 Å². The van der Waals surface area contributed by atoms with Crippen molar-refractivity contribution in [2.24, 2.45) is 5.92 Å². The minimum absolute atomic E-state index is 0.0614. The molecule has 6 heteroatoms. The van der Waals surface area contributed by atoms with Gasteiger partial charge >= 0.3 is 0 Å². The van der Waals surface area contributed by atoms with Crippen LogP contribution in [0.2, 0.25) is 0 Å². The summed E-state index contributed by atoms with van der Waals surface area (Å²) in [5, 5.41) is 0.